The molecule has 8 heteroatoms. The van der Waals surface area contributed by atoms with Crippen LogP contribution in [-0.4, -0.2) is 54.4 Å². The average Bonchev–Trinajstić information content (AvgIpc) is 3.30. The van der Waals surface area contributed by atoms with Crippen LogP contribution in [0.25, 0.3) is 10.2 Å². The third-order valence-electron chi connectivity index (χ3n) is 5.48. The van der Waals surface area contributed by atoms with Crippen molar-refractivity contribution in [3.8, 4) is 0 Å². The topological polar surface area (TPSA) is 65.5 Å². The van der Waals surface area contributed by atoms with Crippen molar-refractivity contribution in [2.45, 2.75) is 32.1 Å². The Kier molecular flexibility index (Phi) is 5.75. The third kappa shape index (κ3) is 4.27. The van der Waals surface area contributed by atoms with E-state index in [-0.39, 0.29) is 23.5 Å². The zero-order chi connectivity index (χ0) is 19.5. The van der Waals surface area contributed by atoms with Crippen LogP contribution < -0.4 is 10.2 Å². The van der Waals surface area contributed by atoms with E-state index in [0.717, 1.165) is 60.7 Å². The molecule has 0 bridgehead atoms. The molecule has 2 aromatic rings. The van der Waals surface area contributed by atoms with Crippen molar-refractivity contribution < 1.29 is 14.0 Å². The van der Waals surface area contributed by atoms with Gasteiger partial charge < -0.3 is 15.1 Å². The van der Waals surface area contributed by atoms with E-state index in [4.69, 9.17) is 0 Å². The van der Waals surface area contributed by atoms with Crippen LogP contribution in [0.3, 0.4) is 0 Å². The molecule has 1 aromatic carbocycles. The minimum Gasteiger partial charge on any atom is -0.356 e. The number of hydrogen-bond donors (Lipinski definition) is 1. The fourth-order valence-electron chi connectivity index (χ4n) is 3.95. The summed E-state index contributed by atoms with van der Waals surface area (Å²) in [5.41, 5.74) is 0.796. The third-order valence-corrected chi connectivity index (χ3v) is 6.56. The smallest absolute Gasteiger partial charge is 0.224 e. The molecule has 2 aliphatic rings. The number of amides is 2. The summed E-state index contributed by atoms with van der Waals surface area (Å²) in [7, 11) is 0. The van der Waals surface area contributed by atoms with Gasteiger partial charge in [0, 0.05) is 39.1 Å². The maximum absolute atomic E-state index is 13.4. The predicted molar refractivity (Wildman–Crippen MR) is 108 cm³/mol. The summed E-state index contributed by atoms with van der Waals surface area (Å²) in [6.07, 6.45) is 4.19. The summed E-state index contributed by atoms with van der Waals surface area (Å²) in [5, 5.41) is 3.88. The monoisotopic (exact) mass is 404 g/mol. The van der Waals surface area contributed by atoms with Crippen molar-refractivity contribution in [2.75, 3.05) is 37.6 Å². The number of likely N-dealkylation sites (tertiary alicyclic amines) is 1. The highest BCUT2D eigenvalue weighted by Gasteiger charge is 2.27. The molecule has 6 nitrogen and oxygen atoms in total. The molecule has 1 unspecified atom stereocenters. The lowest BCUT2D eigenvalue weighted by Crippen LogP contribution is -2.43. The molecule has 2 amide bonds. The van der Waals surface area contributed by atoms with Crippen LogP contribution in [0.5, 0.6) is 0 Å². The van der Waals surface area contributed by atoms with Crippen molar-refractivity contribution in [1.29, 1.82) is 0 Å². The van der Waals surface area contributed by atoms with Gasteiger partial charge in [0.2, 0.25) is 11.8 Å². The minimum atomic E-state index is -0.255. The Morgan fingerprint density at radius 2 is 2.21 bits per heavy atom. The first-order valence-corrected chi connectivity index (χ1v) is 10.8. The largest absolute Gasteiger partial charge is 0.356 e. The lowest BCUT2D eigenvalue weighted by atomic mass is 9.97. The van der Waals surface area contributed by atoms with Crippen LogP contribution in [0.4, 0.5) is 9.52 Å². The number of aromatic nitrogens is 1. The Morgan fingerprint density at radius 3 is 3.04 bits per heavy atom. The van der Waals surface area contributed by atoms with Gasteiger partial charge in [0.05, 0.1) is 16.1 Å². The van der Waals surface area contributed by atoms with Gasteiger partial charge in [-0.2, -0.15) is 0 Å². The van der Waals surface area contributed by atoms with Crippen molar-refractivity contribution in [3.63, 3.8) is 0 Å². The Hall–Kier alpha value is -2.22. The SMILES string of the molecule is O=C(NCCCN1CCCC1=O)C1CCCN(c2nc3ccc(F)cc3s2)C1. The van der Waals surface area contributed by atoms with Crippen LogP contribution in [0.2, 0.25) is 0 Å². The zero-order valence-corrected chi connectivity index (χ0v) is 16.6. The molecule has 2 saturated heterocycles. The highest BCUT2D eigenvalue weighted by molar-refractivity contribution is 7.22. The highest BCUT2D eigenvalue weighted by Crippen LogP contribution is 2.32. The van der Waals surface area contributed by atoms with Crippen LogP contribution in [0, 0.1) is 11.7 Å². The fourth-order valence-corrected chi connectivity index (χ4v) is 4.98. The second kappa shape index (κ2) is 8.43. The van der Waals surface area contributed by atoms with Gasteiger partial charge in [0.15, 0.2) is 5.13 Å². The van der Waals surface area contributed by atoms with Gasteiger partial charge in [0.1, 0.15) is 5.82 Å². The molecule has 28 heavy (non-hydrogen) atoms. The maximum Gasteiger partial charge on any atom is 0.224 e. The Balaban J connectivity index is 1.28. The summed E-state index contributed by atoms with van der Waals surface area (Å²) in [4.78, 5) is 32.8. The van der Waals surface area contributed by atoms with Gasteiger partial charge in [-0.3, -0.25) is 9.59 Å². The summed E-state index contributed by atoms with van der Waals surface area (Å²) in [5.74, 6) is -0.0188. The minimum absolute atomic E-state index is 0.0640. The number of hydrogen-bond acceptors (Lipinski definition) is 5. The second-order valence-corrected chi connectivity index (χ2v) is 8.53. The lowest BCUT2D eigenvalue weighted by molar-refractivity contribution is -0.127. The standard InChI is InChI=1S/C20H25FN4O2S/c21-15-6-7-16-17(12-15)28-20(23-16)25-10-1-4-14(13-25)19(27)22-8-3-11-24-9-2-5-18(24)26/h6-7,12,14H,1-5,8-11,13H2,(H,22,27). The summed E-state index contributed by atoms with van der Waals surface area (Å²) in [6.45, 7) is 3.66. The van der Waals surface area contributed by atoms with E-state index >= 15 is 0 Å². The van der Waals surface area contributed by atoms with E-state index in [1.54, 1.807) is 6.07 Å². The van der Waals surface area contributed by atoms with Crippen molar-refractivity contribution >= 4 is 38.5 Å². The van der Waals surface area contributed by atoms with E-state index < -0.39 is 0 Å². The first kappa shape index (κ1) is 19.1. The molecule has 0 radical (unpaired) electrons. The molecule has 3 heterocycles. The number of nitrogens with one attached hydrogen (secondary N) is 1. The fraction of sp³-hybridized carbons (Fsp3) is 0.550. The van der Waals surface area contributed by atoms with Gasteiger partial charge in [-0.05, 0) is 43.9 Å². The number of fused-ring (bicyclic) bond motifs is 1. The first-order chi connectivity index (χ1) is 13.6. The van der Waals surface area contributed by atoms with Gasteiger partial charge >= 0.3 is 0 Å². The number of piperidine rings is 1. The van der Waals surface area contributed by atoms with Crippen LogP contribution in [0.15, 0.2) is 18.2 Å². The van der Waals surface area contributed by atoms with Gasteiger partial charge in [-0.15, -0.1) is 0 Å². The summed E-state index contributed by atoms with van der Waals surface area (Å²) < 4.78 is 14.2. The number of carbonyl (C=O) groups is 2. The van der Waals surface area contributed by atoms with Gasteiger partial charge in [-0.1, -0.05) is 11.3 Å². The number of rotatable bonds is 6. The van der Waals surface area contributed by atoms with Gasteiger partial charge in [-0.25, -0.2) is 9.37 Å². The van der Waals surface area contributed by atoms with E-state index in [0.29, 0.717) is 19.5 Å². The summed E-state index contributed by atoms with van der Waals surface area (Å²) >= 11 is 1.47. The Bertz CT molecular complexity index is 871. The predicted octanol–water partition coefficient (Wildman–Crippen LogP) is 2.78. The zero-order valence-electron chi connectivity index (χ0n) is 15.8. The number of halogens is 1. The van der Waals surface area contributed by atoms with Crippen molar-refractivity contribution in [2.24, 2.45) is 5.92 Å². The molecule has 2 aliphatic heterocycles. The number of thiazole rings is 1. The van der Waals surface area contributed by atoms with Crippen LogP contribution >= 0.6 is 11.3 Å². The highest BCUT2D eigenvalue weighted by atomic mass is 32.1. The van der Waals surface area contributed by atoms with E-state index in [2.05, 4.69) is 15.2 Å². The number of benzene rings is 1. The quantitative estimate of drug-likeness (QED) is 0.752. The first-order valence-electron chi connectivity index (χ1n) is 9.97. The average molecular weight is 405 g/mol. The number of anilines is 1. The molecule has 4 rings (SSSR count). The maximum atomic E-state index is 13.4. The molecule has 1 N–H and O–H groups in total. The number of nitrogens with zero attached hydrogens (tertiary/aromatic N) is 3. The van der Waals surface area contributed by atoms with Crippen LogP contribution in [0.1, 0.15) is 32.1 Å². The van der Waals surface area contributed by atoms with E-state index in [9.17, 15) is 14.0 Å². The normalized spacial score (nSPS) is 20.2. The Morgan fingerprint density at radius 1 is 1.32 bits per heavy atom. The molecule has 0 aliphatic carbocycles. The Labute approximate surface area is 167 Å². The molecular formula is C20H25FN4O2S. The molecule has 1 atom stereocenters. The van der Waals surface area contributed by atoms with E-state index in [1.165, 1.54) is 23.5 Å². The van der Waals surface area contributed by atoms with Crippen molar-refractivity contribution in [1.82, 2.24) is 15.2 Å². The van der Waals surface area contributed by atoms with Crippen LogP contribution in [-0.2, 0) is 9.59 Å². The van der Waals surface area contributed by atoms with Gasteiger partial charge in [0.25, 0.3) is 0 Å². The second-order valence-electron chi connectivity index (χ2n) is 7.52. The molecule has 0 saturated carbocycles. The molecule has 2 fully saturated rings. The summed E-state index contributed by atoms with van der Waals surface area (Å²) in [6, 6.07) is 4.63. The molecule has 1 aromatic heterocycles. The van der Waals surface area contributed by atoms with Crippen molar-refractivity contribution in [3.05, 3.63) is 24.0 Å². The molecule has 150 valence electrons. The molecular weight excluding hydrogens is 379 g/mol. The number of carbonyl (C=O) groups excluding carboxylic acids is 2. The molecule has 0 spiro atoms. The van der Waals surface area contributed by atoms with E-state index in [1.807, 2.05) is 4.90 Å². The lowest BCUT2D eigenvalue weighted by Gasteiger charge is -2.31.